The fraction of sp³-hybridized carbons (Fsp3) is 0.630. The lowest BCUT2D eigenvalue weighted by molar-refractivity contribution is 0.0493. The number of halogens is 2. The molecular formula is C27H37ClFN5O6. The van der Waals surface area contributed by atoms with Crippen molar-refractivity contribution in [3.05, 3.63) is 37.7 Å². The van der Waals surface area contributed by atoms with Gasteiger partial charge in [-0.15, -0.1) is 0 Å². The first-order valence-electron chi connectivity index (χ1n) is 13.4. The third kappa shape index (κ3) is 6.37. The molecule has 0 radical (unpaired) electrons. The van der Waals surface area contributed by atoms with Gasteiger partial charge in [-0.25, -0.2) is 24.2 Å². The van der Waals surface area contributed by atoms with Crippen molar-refractivity contribution in [2.45, 2.75) is 91.0 Å². The predicted molar refractivity (Wildman–Crippen MR) is 150 cm³/mol. The van der Waals surface area contributed by atoms with Gasteiger partial charge in [0.05, 0.1) is 21.6 Å². The Balaban J connectivity index is 1.68. The van der Waals surface area contributed by atoms with Crippen molar-refractivity contribution in [3.63, 3.8) is 0 Å². The van der Waals surface area contributed by atoms with Crippen molar-refractivity contribution in [2.75, 3.05) is 23.4 Å². The number of nitrogens with zero attached hydrogens (tertiary/aromatic N) is 3. The van der Waals surface area contributed by atoms with Gasteiger partial charge in [-0.1, -0.05) is 11.6 Å². The molecule has 1 aromatic carbocycles. The van der Waals surface area contributed by atoms with Gasteiger partial charge < -0.3 is 19.7 Å². The van der Waals surface area contributed by atoms with Crippen LogP contribution in [0.25, 0.3) is 10.9 Å². The molecule has 4 rings (SSSR count). The van der Waals surface area contributed by atoms with Gasteiger partial charge >= 0.3 is 17.9 Å². The number of benzene rings is 1. The van der Waals surface area contributed by atoms with E-state index in [0.717, 1.165) is 6.07 Å². The van der Waals surface area contributed by atoms with Gasteiger partial charge in [0.15, 0.2) is 0 Å². The number of anilines is 1. The van der Waals surface area contributed by atoms with Gasteiger partial charge in [0.1, 0.15) is 17.0 Å². The molecule has 0 bridgehead atoms. The Morgan fingerprint density at radius 3 is 2.23 bits per heavy atom. The molecule has 2 aromatic rings. The molecule has 2 amide bonds. The average molecular weight is 582 g/mol. The van der Waals surface area contributed by atoms with Crippen LogP contribution in [0.15, 0.2) is 15.7 Å². The van der Waals surface area contributed by atoms with Crippen LogP contribution in [0.3, 0.4) is 0 Å². The summed E-state index contributed by atoms with van der Waals surface area (Å²) in [7, 11) is 0. The summed E-state index contributed by atoms with van der Waals surface area (Å²) in [6, 6.07) is 0.556. The quantitative estimate of drug-likeness (QED) is 0.532. The third-order valence-corrected chi connectivity index (χ3v) is 7.10. The van der Waals surface area contributed by atoms with E-state index in [0.29, 0.717) is 37.0 Å². The molecule has 2 unspecified atom stereocenters. The average Bonchev–Trinajstić information content (AvgIpc) is 3.51. The Bertz CT molecular complexity index is 1450. The molecule has 2 aliphatic rings. The summed E-state index contributed by atoms with van der Waals surface area (Å²) in [6.45, 7) is 13.0. The second-order valence-corrected chi connectivity index (χ2v) is 12.9. The first-order chi connectivity index (χ1) is 18.5. The van der Waals surface area contributed by atoms with Crippen molar-refractivity contribution in [1.82, 2.24) is 14.6 Å². The molecule has 1 saturated carbocycles. The van der Waals surface area contributed by atoms with E-state index >= 15 is 4.39 Å². The third-order valence-electron chi connectivity index (χ3n) is 6.75. The molecule has 13 heteroatoms. The number of hydrogen-bond donors (Lipinski definition) is 2. The number of nitrogens with one attached hydrogen (secondary N) is 2. The number of amides is 2. The standard InChI is InChI=1S/C27H37ClFN5O6/c1-14(30-23(36)39-26(2,3)4)15-10-11-32(13-15)21-18(29)12-17-20(19(21)28)33(16-8-9-16)25(38)34(22(17)35)31-24(37)40-27(5,6)7/h12,14-16H,8-11,13H2,1-7H3,(H,30,36)(H,31,37). The molecule has 2 heterocycles. The van der Waals surface area contributed by atoms with Gasteiger partial charge in [0.2, 0.25) is 0 Å². The molecule has 40 heavy (non-hydrogen) atoms. The fourth-order valence-electron chi connectivity index (χ4n) is 4.87. The molecule has 1 aliphatic heterocycles. The van der Waals surface area contributed by atoms with Crippen LogP contribution in [-0.2, 0) is 9.47 Å². The number of rotatable bonds is 5. The number of ether oxygens (including phenoxy) is 2. The molecule has 1 saturated heterocycles. The SMILES string of the molecule is CC(NC(=O)OC(C)(C)C)C1CCN(c2c(F)cc3c(=O)n(NC(=O)OC(C)(C)C)c(=O)n(C4CC4)c3c2Cl)C1. The summed E-state index contributed by atoms with van der Waals surface area (Å²) in [5, 5.41) is 2.66. The van der Waals surface area contributed by atoms with Crippen LogP contribution in [0.2, 0.25) is 5.02 Å². The van der Waals surface area contributed by atoms with Crippen LogP contribution < -0.4 is 26.9 Å². The lowest BCUT2D eigenvalue weighted by Gasteiger charge is -2.26. The number of carbonyl (C=O) groups excluding carboxylic acids is 2. The van der Waals surface area contributed by atoms with Crippen LogP contribution >= 0.6 is 11.6 Å². The van der Waals surface area contributed by atoms with Gasteiger partial charge in [0, 0.05) is 25.2 Å². The highest BCUT2D eigenvalue weighted by atomic mass is 35.5. The molecule has 1 aliphatic carbocycles. The number of hydrogen-bond acceptors (Lipinski definition) is 7. The van der Waals surface area contributed by atoms with Crippen molar-refractivity contribution >= 4 is 40.4 Å². The molecule has 2 fully saturated rings. The highest BCUT2D eigenvalue weighted by molar-refractivity contribution is 6.38. The second-order valence-electron chi connectivity index (χ2n) is 12.5. The smallest absolute Gasteiger partial charge is 0.427 e. The minimum atomic E-state index is -0.992. The maximum atomic E-state index is 15.6. The van der Waals surface area contributed by atoms with Crippen molar-refractivity contribution in [1.29, 1.82) is 0 Å². The number of carbonyl (C=O) groups is 2. The highest BCUT2D eigenvalue weighted by Gasteiger charge is 2.35. The number of aromatic nitrogens is 2. The Hall–Kier alpha value is -3.28. The summed E-state index contributed by atoms with van der Waals surface area (Å²) in [4.78, 5) is 53.1. The normalized spacial score (nSPS) is 18.5. The molecule has 1 aromatic heterocycles. The highest BCUT2D eigenvalue weighted by Crippen LogP contribution is 2.42. The van der Waals surface area contributed by atoms with E-state index in [9.17, 15) is 19.2 Å². The maximum absolute atomic E-state index is 15.6. The molecule has 2 atom stereocenters. The van der Waals surface area contributed by atoms with E-state index in [1.807, 2.05) is 6.92 Å². The van der Waals surface area contributed by atoms with Crippen LogP contribution in [0.1, 0.15) is 73.8 Å². The Kier molecular flexibility index (Phi) is 7.87. The summed E-state index contributed by atoms with van der Waals surface area (Å²) in [5.41, 5.74) is -0.789. The van der Waals surface area contributed by atoms with Gasteiger partial charge in [0.25, 0.3) is 5.56 Å². The van der Waals surface area contributed by atoms with Crippen molar-refractivity contribution < 1.29 is 23.5 Å². The van der Waals surface area contributed by atoms with E-state index < -0.39 is 40.5 Å². The maximum Gasteiger partial charge on any atom is 0.427 e. The van der Waals surface area contributed by atoms with Crippen LogP contribution in [0.5, 0.6) is 0 Å². The first kappa shape index (κ1) is 29.7. The van der Waals surface area contributed by atoms with Crippen LogP contribution in [0.4, 0.5) is 19.7 Å². The number of fused-ring (bicyclic) bond motifs is 1. The fourth-order valence-corrected chi connectivity index (χ4v) is 5.27. The minimum Gasteiger partial charge on any atom is -0.444 e. The molecule has 0 spiro atoms. The van der Waals surface area contributed by atoms with Gasteiger partial charge in [-0.3, -0.25) is 9.36 Å². The lowest BCUT2D eigenvalue weighted by atomic mass is 10.0. The van der Waals surface area contributed by atoms with Gasteiger partial charge in [-0.05, 0) is 79.7 Å². The van der Waals surface area contributed by atoms with E-state index in [4.69, 9.17) is 21.1 Å². The first-order valence-corrected chi connectivity index (χ1v) is 13.8. The van der Waals surface area contributed by atoms with Crippen molar-refractivity contribution in [2.24, 2.45) is 5.92 Å². The molecular weight excluding hydrogens is 545 g/mol. The largest absolute Gasteiger partial charge is 0.444 e. The Labute approximate surface area is 236 Å². The molecule has 2 N–H and O–H groups in total. The Morgan fingerprint density at radius 2 is 1.65 bits per heavy atom. The monoisotopic (exact) mass is 581 g/mol. The summed E-state index contributed by atoms with van der Waals surface area (Å²) in [5.74, 6) is -0.747. The molecule has 220 valence electrons. The minimum absolute atomic E-state index is 0.0182. The predicted octanol–water partition coefficient (Wildman–Crippen LogP) is 4.51. The molecule has 11 nitrogen and oxygen atoms in total. The number of alkyl carbamates (subject to hydrolysis) is 1. The topological polar surface area (TPSA) is 124 Å². The van der Waals surface area contributed by atoms with Crippen molar-refractivity contribution in [3.8, 4) is 0 Å². The zero-order chi connectivity index (χ0) is 29.7. The van der Waals surface area contributed by atoms with Crippen LogP contribution in [0, 0.1) is 11.7 Å². The summed E-state index contributed by atoms with van der Waals surface area (Å²) < 4.78 is 28.1. The van der Waals surface area contributed by atoms with E-state index in [-0.39, 0.29) is 39.6 Å². The van der Waals surface area contributed by atoms with Gasteiger partial charge in [-0.2, -0.15) is 4.68 Å². The zero-order valence-electron chi connectivity index (χ0n) is 23.9. The Morgan fingerprint density at radius 1 is 1.05 bits per heavy atom. The second kappa shape index (κ2) is 10.6. The van der Waals surface area contributed by atoms with E-state index in [1.165, 1.54) is 4.57 Å². The lowest BCUT2D eigenvalue weighted by Crippen LogP contribution is -2.48. The van der Waals surface area contributed by atoms with E-state index in [2.05, 4.69) is 10.7 Å². The van der Waals surface area contributed by atoms with Crippen LogP contribution in [-0.4, -0.2) is 51.8 Å². The summed E-state index contributed by atoms with van der Waals surface area (Å²) in [6.07, 6.45) is 0.471. The summed E-state index contributed by atoms with van der Waals surface area (Å²) >= 11 is 6.79. The van der Waals surface area contributed by atoms with E-state index in [1.54, 1.807) is 46.4 Å². The zero-order valence-corrected chi connectivity index (χ0v) is 24.6.